The highest BCUT2D eigenvalue weighted by Crippen LogP contribution is 2.34. The molecule has 0 amide bonds. The number of benzene rings is 1. The molecule has 0 radical (unpaired) electrons. The van der Waals surface area contributed by atoms with Crippen molar-refractivity contribution in [1.29, 1.82) is 0 Å². The smallest absolute Gasteiger partial charge is 0.150 e. The average molecular weight is 285 g/mol. The van der Waals surface area contributed by atoms with Crippen molar-refractivity contribution in [1.82, 2.24) is 9.66 Å². The van der Waals surface area contributed by atoms with Crippen LogP contribution in [0.1, 0.15) is 32.2 Å². The van der Waals surface area contributed by atoms with Gasteiger partial charge in [0.15, 0.2) is 5.82 Å². The summed E-state index contributed by atoms with van der Waals surface area (Å²) in [5, 5.41) is 0. The molecule has 0 saturated carbocycles. The van der Waals surface area contributed by atoms with E-state index in [2.05, 4.69) is 50.9 Å². The molecule has 3 rings (SSSR count). The number of imidazole rings is 1. The van der Waals surface area contributed by atoms with Crippen LogP contribution in [0.15, 0.2) is 18.2 Å². The van der Waals surface area contributed by atoms with Crippen LogP contribution < -0.4 is 16.5 Å². The average Bonchev–Trinajstić information content (AvgIpc) is 2.92. The summed E-state index contributed by atoms with van der Waals surface area (Å²) in [5.74, 6) is 7.40. The monoisotopic (exact) mass is 285 g/mol. The lowest BCUT2D eigenvalue weighted by atomic mass is 9.96. The molecule has 5 nitrogen and oxygen atoms in total. The molecule has 0 atom stereocenters. The van der Waals surface area contributed by atoms with Crippen molar-refractivity contribution in [2.24, 2.45) is 0 Å². The van der Waals surface area contributed by atoms with Crippen LogP contribution in [0.5, 0.6) is 0 Å². The predicted molar refractivity (Wildman–Crippen MR) is 87.9 cm³/mol. The Morgan fingerprint density at radius 3 is 2.57 bits per heavy atom. The number of fused-ring (bicyclic) bond motifs is 1. The van der Waals surface area contributed by atoms with Crippen molar-refractivity contribution in [3.05, 3.63) is 29.6 Å². The number of nitrogens with zero attached hydrogens (tertiary/aromatic N) is 3. The van der Waals surface area contributed by atoms with Crippen LogP contribution in [0.4, 0.5) is 11.5 Å². The van der Waals surface area contributed by atoms with Crippen LogP contribution in [0.2, 0.25) is 0 Å². The van der Waals surface area contributed by atoms with E-state index in [1.807, 2.05) is 0 Å². The van der Waals surface area contributed by atoms with E-state index in [4.69, 9.17) is 16.6 Å². The van der Waals surface area contributed by atoms with Gasteiger partial charge < -0.3 is 16.5 Å². The first-order valence-electron chi connectivity index (χ1n) is 7.27. The number of likely N-dealkylation sites (N-methyl/N-ethyl adjacent to an activating group) is 1. The highest BCUT2D eigenvalue weighted by atomic mass is 15.4. The summed E-state index contributed by atoms with van der Waals surface area (Å²) in [5.41, 5.74) is 10.5. The second-order valence-corrected chi connectivity index (χ2v) is 6.80. The highest BCUT2D eigenvalue weighted by Gasteiger charge is 2.25. The Bertz CT molecular complexity index is 693. The van der Waals surface area contributed by atoms with Crippen molar-refractivity contribution in [3.8, 4) is 11.3 Å². The molecule has 1 aliphatic rings. The molecule has 0 spiro atoms. The number of hydrogen-bond donors (Lipinski definition) is 2. The Morgan fingerprint density at radius 1 is 1.24 bits per heavy atom. The number of rotatable bonds is 1. The Kier molecular flexibility index (Phi) is 2.90. The third kappa shape index (κ3) is 2.13. The zero-order valence-corrected chi connectivity index (χ0v) is 13.1. The molecule has 2 heterocycles. The molecular formula is C16H23N5. The van der Waals surface area contributed by atoms with Gasteiger partial charge in [-0.25, -0.2) is 9.66 Å². The fraction of sp³-hybridized carbons (Fsp3) is 0.438. The summed E-state index contributed by atoms with van der Waals surface area (Å²) in [6.07, 6.45) is 1.06. The minimum Gasteiger partial charge on any atom is -0.382 e. The van der Waals surface area contributed by atoms with E-state index in [-0.39, 0.29) is 5.41 Å². The summed E-state index contributed by atoms with van der Waals surface area (Å²) in [7, 11) is 2.12. The van der Waals surface area contributed by atoms with Crippen LogP contribution in [0.25, 0.3) is 11.3 Å². The van der Waals surface area contributed by atoms with Gasteiger partial charge in [0.25, 0.3) is 0 Å². The van der Waals surface area contributed by atoms with Crippen molar-refractivity contribution in [2.75, 3.05) is 30.1 Å². The van der Waals surface area contributed by atoms with Crippen LogP contribution in [-0.2, 0) is 11.8 Å². The molecule has 2 aromatic rings. The Hall–Kier alpha value is -2.17. The summed E-state index contributed by atoms with van der Waals surface area (Å²) in [6, 6.07) is 6.40. The van der Waals surface area contributed by atoms with E-state index in [0.717, 1.165) is 30.0 Å². The molecule has 1 aromatic heterocycles. The molecular weight excluding hydrogens is 262 g/mol. The number of nitrogens with two attached hydrogens (primary N) is 2. The zero-order chi connectivity index (χ0) is 15.4. The van der Waals surface area contributed by atoms with Crippen LogP contribution >= 0.6 is 0 Å². The van der Waals surface area contributed by atoms with E-state index in [0.29, 0.717) is 5.82 Å². The molecule has 0 unspecified atom stereocenters. The van der Waals surface area contributed by atoms with Gasteiger partial charge >= 0.3 is 0 Å². The molecule has 0 aliphatic carbocycles. The van der Waals surface area contributed by atoms with Crippen molar-refractivity contribution < 1.29 is 0 Å². The molecule has 112 valence electrons. The normalized spacial score (nSPS) is 14.6. The lowest BCUT2D eigenvalue weighted by Gasteiger charge is -2.17. The third-order valence-corrected chi connectivity index (χ3v) is 4.10. The number of hydrogen-bond acceptors (Lipinski definition) is 4. The lowest BCUT2D eigenvalue weighted by molar-refractivity contribution is 0.532. The standard InChI is InChI=1S/C16H23N5/c1-16(2,3)15-19-13(14(17)21(15)18)11-5-6-12-10(9-11)7-8-20(12)4/h5-6,9H,7-8,17-18H2,1-4H3. The second-order valence-electron chi connectivity index (χ2n) is 6.80. The highest BCUT2D eigenvalue weighted by molar-refractivity contribution is 5.75. The van der Waals surface area contributed by atoms with Crippen LogP contribution in [0, 0.1) is 0 Å². The molecule has 4 N–H and O–H groups in total. The minimum atomic E-state index is -0.141. The van der Waals surface area contributed by atoms with Crippen molar-refractivity contribution >= 4 is 11.5 Å². The van der Waals surface area contributed by atoms with E-state index >= 15 is 0 Å². The van der Waals surface area contributed by atoms with Crippen molar-refractivity contribution in [3.63, 3.8) is 0 Å². The maximum atomic E-state index is 6.17. The third-order valence-electron chi connectivity index (χ3n) is 4.10. The minimum absolute atomic E-state index is 0.141. The fourth-order valence-electron chi connectivity index (χ4n) is 2.90. The Labute approximate surface area is 125 Å². The van der Waals surface area contributed by atoms with Gasteiger partial charge in [-0.2, -0.15) is 0 Å². The maximum absolute atomic E-state index is 6.17. The van der Waals surface area contributed by atoms with Crippen molar-refractivity contribution in [2.45, 2.75) is 32.6 Å². The van der Waals surface area contributed by atoms with E-state index in [1.165, 1.54) is 15.9 Å². The molecule has 0 bridgehead atoms. The van der Waals surface area contributed by atoms with E-state index in [1.54, 1.807) is 0 Å². The molecule has 1 aromatic carbocycles. The number of nitrogen functional groups attached to an aromatic ring is 2. The van der Waals surface area contributed by atoms with E-state index < -0.39 is 0 Å². The van der Waals surface area contributed by atoms with E-state index in [9.17, 15) is 0 Å². The Morgan fingerprint density at radius 2 is 1.95 bits per heavy atom. The predicted octanol–water partition coefficient (Wildman–Crippen LogP) is 2.14. The summed E-state index contributed by atoms with van der Waals surface area (Å²) < 4.78 is 1.51. The SMILES string of the molecule is CN1CCc2cc(-c3nc(C(C)(C)C)n(N)c3N)ccc21. The van der Waals surface area contributed by atoms with Gasteiger partial charge in [0.05, 0.1) is 0 Å². The summed E-state index contributed by atoms with van der Waals surface area (Å²) >= 11 is 0. The van der Waals surface area contributed by atoms with Gasteiger partial charge in [0, 0.05) is 30.3 Å². The molecule has 21 heavy (non-hydrogen) atoms. The lowest BCUT2D eigenvalue weighted by Crippen LogP contribution is -2.24. The number of anilines is 2. The maximum Gasteiger partial charge on any atom is 0.150 e. The molecule has 0 saturated heterocycles. The Balaban J connectivity index is 2.10. The largest absolute Gasteiger partial charge is 0.382 e. The molecule has 5 heteroatoms. The first-order valence-corrected chi connectivity index (χ1v) is 7.27. The summed E-state index contributed by atoms with van der Waals surface area (Å²) in [6.45, 7) is 7.31. The first-order chi connectivity index (χ1) is 9.79. The molecule has 0 fully saturated rings. The summed E-state index contributed by atoms with van der Waals surface area (Å²) in [4.78, 5) is 6.96. The first kappa shape index (κ1) is 13.8. The number of aromatic nitrogens is 2. The van der Waals surface area contributed by atoms with Gasteiger partial charge in [-0.05, 0) is 24.1 Å². The molecule has 1 aliphatic heterocycles. The van der Waals surface area contributed by atoms with Gasteiger partial charge in [-0.3, -0.25) is 0 Å². The van der Waals surface area contributed by atoms with Gasteiger partial charge in [-0.1, -0.05) is 26.8 Å². The quantitative estimate of drug-likeness (QED) is 0.787. The zero-order valence-electron chi connectivity index (χ0n) is 13.1. The second kappa shape index (κ2) is 4.41. The topological polar surface area (TPSA) is 73.1 Å². The van der Waals surface area contributed by atoms with Gasteiger partial charge in [-0.15, -0.1) is 0 Å². The fourth-order valence-corrected chi connectivity index (χ4v) is 2.90. The van der Waals surface area contributed by atoms with Gasteiger partial charge in [0.2, 0.25) is 0 Å². The van der Waals surface area contributed by atoms with Crippen LogP contribution in [-0.4, -0.2) is 23.3 Å². The van der Waals surface area contributed by atoms with Crippen LogP contribution in [0.3, 0.4) is 0 Å². The van der Waals surface area contributed by atoms with Gasteiger partial charge in [0.1, 0.15) is 11.5 Å².